The molecule has 1 aromatic heterocycles. The number of hydrogen-bond donors (Lipinski definition) is 2. The van der Waals surface area contributed by atoms with Gasteiger partial charge >= 0.3 is 0 Å². The van der Waals surface area contributed by atoms with E-state index in [1.54, 1.807) is 19.2 Å². The van der Waals surface area contributed by atoms with Crippen molar-refractivity contribution in [3.8, 4) is 11.5 Å². The largest absolute Gasteiger partial charge is 0.493 e. The number of methoxy groups -OCH3 is 1. The maximum Gasteiger partial charge on any atom is 0.162 e. The molecule has 2 aromatic carbocycles. The molecule has 2 heterocycles. The molecule has 182 valence electrons. The lowest BCUT2D eigenvalue weighted by molar-refractivity contribution is -0.00351. The van der Waals surface area contributed by atoms with E-state index in [-0.39, 0.29) is 11.1 Å². The van der Waals surface area contributed by atoms with Crippen molar-refractivity contribution in [2.45, 2.75) is 44.8 Å². The van der Waals surface area contributed by atoms with Crippen LogP contribution in [-0.4, -0.2) is 58.4 Å². The third-order valence-electron chi connectivity index (χ3n) is 6.13. The van der Waals surface area contributed by atoms with Crippen LogP contribution in [0.4, 0.5) is 15.9 Å². The number of nitrogens with one attached hydrogen (secondary N) is 1. The van der Waals surface area contributed by atoms with Crippen LogP contribution in [0, 0.1) is 5.82 Å². The van der Waals surface area contributed by atoms with Crippen molar-refractivity contribution in [2.75, 3.05) is 32.1 Å². The number of rotatable bonds is 9. The smallest absolute Gasteiger partial charge is 0.162 e. The predicted molar refractivity (Wildman–Crippen MR) is 132 cm³/mol. The molecular weight excluding hydrogens is 459 g/mol. The first kappa shape index (κ1) is 24.4. The Morgan fingerprint density at radius 2 is 2.06 bits per heavy atom. The summed E-state index contributed by atoms with van der Waals surface area (Å²) in [6.45, 7) is 6.10. The standard InChI is InChI=1S/C25H30ClFN4O3/c1-25(2,32)23-6-4-9-31(23)10-5-11-34-22-13-17-20(14-21(22)33-3)28-15-29-24(17)30-16-7-8-19(27)18(26)12-16/h7-8,12-15,23,32H,4-6,9-11H2,1-3H3,(H,28,29,30)/t23-/m0/s1. The third-order valence-corrected chi connectivity index (χ3v) is 6.42. The van der Waals surface area contributed by atoms with Crippen molar-refractivity contribution >= 4 is 34.0 Å². The van der Waals surface area contributed by atoms with Crippen molar-refractivity contribution in [3.63, 3.8) is 0 Å². The van der Waals surface area contributed by atoms with Crippen molar-refractivity contribution in [1.82, 2.24) is 14.9 Å². The molecule has 0 radical (unpaired) electrons. The zero-order valence-corrected chi connectivity index (χ0v) is 20.4. The molecule has 34 heavy (non-hydrogen) atoms. The van der Waals surface area contributed by atoms with Crippen LogP contribution in [0.15, 0.2) is 36.7 Å². The first-order valence-electron chi connectivity index (χ1n) is 11.4. The van der Waals surface area contributed by atoms with Gasteiger partial charge in [0.1, 0.15) is 18.0 Å². The second-order valence-corrected chi connectivity index (χ2v) is 9.45. The predicted octanol–water partition coefficient (Wildman–Crippen LogP) is 5.18. The van der Waals surface area contributed by atoms with Gasteiger partial charge in [-0.1, -0.05) is 11.6 Å². The molecule has 9 heteroatoms. The SMILES string of the molecule is COc1cc2ncnc(Nc3ccc(F)c(Cl)c3)c2cc1OCCCN1CCC[C@H]1C(C)(C)O. The van der Waals surface area contributed by atoms with Crippen molar-refractivity contribution in [3.05, 3.63) is 47.5 Å². The summed E-state index contributed by atoms with van der Waals surface area (Å²) in [5, 5.41) is 14.4. The zero-order valence-electron chi connectivity index (χ0n) is 19.6. The van der Waals surface area contributed by atoms with Gasteiger partial charge < -0.3 is 19.9 Å². The molecule has 1 atom stereocenters. The van der Waals surface area contributed by atoms with Gasteiger partial charge in [-0.25, -0.2) is 14.4 Å². The number of aliphatic hydroxyl groups is 1. The molecule has 1 fully saturated rings. The molecule has 1 aliphatic rings. The highest BCUT2D eigenvalue weighted by Gasteiger charge is 2.35. The molecule has 1 saturated heterocycles. The summed E-state index contributed by atoms with van der Waals surface area (Å²) in [7, 11) is 1.59. The van der Waals surface area contributed by atoms with Crippen molar-refractivity contribution in [2.24, 2.45) is 0 Å². The minimum Gasteiger partial charge on any atom is -0.493 e. The Morgan fingerprint density at radius 1 is 1.24 bits per heavy atom. The molecular formula is C25H30ClFN4O3. The fourth-order valence-electron chi connectivity index (χ4n) is 4.49. The van der Waals surface area contributed by atoms with E-state index in [1.807, 2.05) is 19.9 Å². The average molecular weight is 489 g/mol. The highest BCUT2D eigenvalue weighted by atomic mass is 35.5. The van der Waals surface area contributed by atoms with E-state index in [2.05, 4.69) is 20.2 Å². The fraction of sp³-hybridized carbons (Fsp3) is 0.440. The van der Waals surface area contributed by atoms with Crippen LogP contribution < -0.4 is 14.8 Å². The van der Waals surface area contributed by atoms with Crippen LogP contribution in [0.3, 0.4) is 0 Å². The molecule has 0 spiro atoms. The maximum absolute atomic E-state index is 13.5. The molecule has 0 bridgehead atoms. The van der Waals surface area contributed by atoms with E-state index in [0.29, 0.717) is 35.1 Å². The van der Waals surface area contributed by atoms with Gasteiger partial charge in [-0.15, -0.1) is 0 Å². The first-order valence-corrected chi connectivity index (χ1v) is 11.8. The lowest BCUT2D eigenvalue weighted by atomic mass is 9.96. The number of benzene rings is 2. The Hall–Kier alpha value is -2.68. The molecule has 0 saturated carbocycles. The van der Waals surface area contributed by atoms with Gasteiger partial charge in [-0.2, -0.15) is 0 Å². The number of fused-ring (bicyclic) bond motifs is 1. The molecule has 0 amide bonds. The second-order valence-electron chi connectivity index (χ2n) is 9.05. The topological polar surface area (TPSA) is 79.7 Å². The molecule has 1 aliphatic heterocycles. The normalized spacial score (nSPS) is 16.7. The molecule has 0 unspecified atom stereocenters. The lowest BCUT2D eigenvalue weighted by Crippen LogP contribution is -2.46. The number of hydrogen-bond acceptors (Lipinski definition) is 7. The van der Waals surface area contributed by atoms with E-state index >= 15 is 0 Å². The highest BCUT2D eigenvalue weighted by molar-refractivity contribution is 6.31. The monoisotopic (exact) mass is 488 g/mol. The van der Waals surface area contributed by atoms with E-state index in [4.69, 9.17) is 21.1 Å². The van der Waals surface area contributed by atoms with Crippen LogP contribution in [0.2, 0.25) is 5.02 Å². The minimum atomic E-state index is -0.711. The Labute approximate surface area is 203 Å². The summed E-state index contributed by atoms with van der Waals surface area (Å²) in [6.07, 6.45) is 4.38. The summed E-state index contributed by atoms with van der Waals surface area (Å²) in [5.74, 6) is 1.23. The molecule has 7 nitrogen and oxygen atoms in total. The van der Waals surface area contributed by atoms with Crippen molar-refractivity contribution in [1.29, 1.82) is 0 Å². The number of likely N-dealkylation sites (tertiary alicyclic amines) is 1. The van der Waals surface area contributed by atoms with Gasteiger partial charge in [0.05, 0.1) is 29.9 Å². The number of anilines is 2. The van der Waals surface area contributed by atoms with Gasteiger partial charge in [0, 0.05) is 29.7 Å². The quantitative estimate of drug-likeness (QED) is 0.402. The second kappa shape index (κ2) is 10.3. The molecule has 0 aliphatic carbocycles. The minimum absolute atomic E-state index is 0.0267. The first-order chi connectivity index (χ1) is 16.3. The molecule has 3 aromatic rings. The van der Waals surface area contributed by atoms with Gasteiger partial charge in [-0.05, 0) is 63.9 Å². The third kappa shape index (κ3) is 5.51. The molecule has 2 N–H and O–H groups in total. The van der Waals surface area contributed by atoms with Gasteiger partial charge in [0.25, 0.3) is 0 Å². The van der Waals surface area contributed by atoms with E-state index in [9.17, 15) is 9.50 Å². The summed E-state index contributed by atoms with van der Waals surface area (Å²) >= 11 is 5.91. The summed E-state index contributed by atoms with van der Waals surface area (Å²) in [4.78, 5) is 11.0. The van der Waals surface area contributed by atoms with E-state index in [1.165, 1.54) is 18.5 Å². The summed E-state index contributed by atoms with van der Waals surface area (Å²) < 4.78 is 25.1. The van der Waals surface area contributed by atoms with E-state index < -0.39 is 11.4 Å². The highest BCUT2D eigenvalue weighted by Crippen LogP contribution is 2.35. The maximum atomic E-state index is 13.5. The fourth-order valence-corrected chi connectivity index (χ4v) is 4.67. The van der Waals surface area contributed by atoms with Gasteiger partial charge in [-0.3, -0.25) is 4.90 Å². The van der Waals surface area contributed by atoms with Crippen LogP contribution in [0.1, 0.15) is 33.1 Å². The Balaban J connectivity index is 1.48. The van der Waals surface area contributed by atoms with Gasteiger partial charge in [0.15, 0.2) is 11.5 Å². The van der Waals surface area contributed by atoms with Crippen molar-refractivity contribution < 1.29 is 19.0 Å². The van der Waals surface area contributed by atoms with Crippen LogP contribution in [-0.2, 0) is 0 Å². The van der Waals surface area contributed by atoms with Crippen LogP contribution in [0.5, 0.6) is 11.5 Å². The Kier molecular flexibility index (Phi) is 7.40. The number of nitrogens with zero attached hydrogens (tertiary/aromatic N) is 3. The van der Waals surface area contributed by atoms with Crippen LogP contribution in [0.25, 0.3) is 10.9 Å². The number of aromatic nitrogens is 2. The van der Waals surface area contributed by atoms with E-state index in [0.717, 1.165) is 37.7 Å². The average Bonchev–Trinajstić information content (AvgIpc) is 3.28. The zero-order chi connectivity index (χ0) is 24.3. The summed E-state index contributed by atoms with van der Waals surface area (Å²) in [6, 6.07) is 8.22. The summed E-state index contributed by atoms with van der Waals surface area (Å²) in [5.41, 5.74) is 0.577. The lowest BCUT2D eigenvalue weighted by Gasteiger charge is -2.33. The number of halogens is 2. The molecule has 4 rings (SSSR count). The van der Waals surface area contributed by atoms with Crippen LogP contribution >= 0.6 is 11.6 Å². The Bertz CT molecular complexity index is 1150. The van der Waals surface area contributed by atoms with Gasteiger partial charge in [0.2, 0.25) is 0 Å². The number of ether oxygens (including phenoxy) is 2. The Morgan fingerprint density at radius 3 is 2.79 bits per heavy atom.